The lowest BCUT2D eigenvalue weighted by Gasteiger charge is -2.08. The number of nitrogens with one attached hydrogen (secondary N) is 1. The lowest BCUT2D eigenvalue weighted by Crippen LogP contribution is -2.07. The van der Waals surface area contributed by atoms with Crippen LogP contribution in [0.3, 0.4) is 0 Å². The minimum absolute atomic E-state index is 0.0244. The highest BCUT2D eigenvalue weighted by atomic mass is 19.1. The highest BCUT2D eigenvalue weighted by Gasteiger charge is 2.20. The summed E-state index contributed by atoms with van der Waals surface area (Å²) in [5.41, 5.74) is 0.676. The van der Waals surface area contributed by atoms with Crippen LogP contribution in [0.4, 0.5) is 4.39 Å². The Balaban J connectivity index is 2.14. The zero-order chi connectivity index (χ0) is 17.4. The Labute approximate surface area is 140 Å². The van der Waals surface area contributed by atoms with E-state index < -0.39 is 11.8 Å². The number of aromatic amines is 1. The maximum atomic E-state index is 13.9. The molecule has 1 aromatic heterocycles. The van der Waals surface area contributed by atoms with Crippen LogP contribution in [0.5, 0.6) is 5.75 Å². The van der Waals surface area contributed by atoms with Gasteiger partial charge in [0.05, 0.1) is 13.2 Å². The minimum Gasteiger partial charge on any atom is -0.493 e. The number of ether oxygens (including phenoxy) is 2. The molecule has 0 radical (unpaired) electrons. The second-order valence-electron chi connectivity index (χ2n) is 5.33. The minimum atomic E-state index is -0.604. The molecule has 1 heterocycles. The summed E-state index contributed by atoms with van der Waals surface area (Å²) in [7, 11) is 0. The Kier molecular flexibility index (Phi) is 6.72. The molecule has 0 saturated heterocycles. The van der Waals surface area contributed by atoms with Crippen LogP contribution in [-0.2, 0) is 4.74 Å². The third kappa shape index (κ3) is 4.78. The van der Waals surface area contributed by atoms with E-state index in [4.69, 9.17) is 9.47 Å². The van der Waals surface area contributed by atoms with Crippen molar-refractivity contribution >= 4 is 5.97 Å². The summed E-state index contributed by atoms with van der Waals surface area (Å²) in [5, 5.41) is 10.1. The van der Waals surface area contributed by atoms with Crippen molar-refractivity contribution in [1.82, 2.24) is 15.4 Å². The Morgan fingerprint density at radius 2 is 2.00 bits per heavy atom. The fourth-order valence-corrected chi connectivity index (χ4v) is 2.28. The topological polar surface area (TPSA) is 77.1 Å². The van der Waals surface area contributed by atoms with E-state index in [1.54, 1.807) is 13.0 Å². The molecule has 24 heavy (non-hydrogen) atoms. The van der Waals surface area contributed by atoms with Crippen molar-refractivity contribution in [1.29, 1.82) is 0 Å². The number of esters is 1. The lowest BCUT2D eigenvalue weighted by atomic mass is 10.1. The molecule has 0 aliphatic heterocycles. The average Bonchev–Trinajstić information content (AvgIpc) is 3.04. The molecule has 2 rings (SSSR count). The molecule has 0 amide bonds. The van der Waals surface area contributed by atoms with E-state index in [2.05, 4.69) is 22.3 Å². The number of H-pyrrole nitrogens is 1. The molecule has 0 spiro atoms. The Morgan fingerprint density at radius 1 is 1.17 bits per heavy atom. The monoisotopic (exact) mass is 335 g/mol. The third-order valence-corrected chi connectivity index (χ3v) is 3.43. The number of hydrogen-bond acceptors (Lipinski definition) is 5. The fourth-order valence-electron chi connectivity index (χ4n) is 2.28. The molecule has 0 bridgehead atoms. The van der Waals surface area contributed by atoms with Gasteiger partial charge in [-0.15, -0.1) is 5.10 Å². The molecule has 2 aromatic rings. The van der Waals surface area contributed by atoms with Crippen molar-refractivity contribution in [3.8, 4) is 17.0 Å². The number of carbonyl (C=O) groups excluding carboxylic acids is 1. The van der Waals surface area contributed by atoms with Gasteiger partial charge < -0.3 is 9.47 Å². The van der Waals surface area contributed by atoms with Crippen LogP contribution in [0.15, 0.2) is 18.2 Å². The van der Waals surface area contributed by atoms with Crippen LogP contribution >= 0.6 is 0 Å². The SMILES string of the molecule is CCCCCCOc1cc(F)cc(-c2n[nH]nc2C(=O)OCC)c1. The highest BCUT2D eigenvalue weighted by Crippen LogP contribution is 2.26. The predicted molar refractivity (Wildman–Crippen MR) is 87.4 cm³/mol. The first-order chi connectivity index (χ1) is 11.7. The van der Waals surface area contributed by atoms with E-state index in [0.717, 1.165) is 25.7 Å². The van der Waals surface area contributed by atoms with Crippen LogP contribution in [0, 0.1) is 5.82 Å². The van der Waals surface area contributed by atoms with Crippen molar-refractivity contribution in [3.63, 3.8) is 0 Å². The first kappa shape index (κ1) is 17.9. The zero-order valence-corrected chi connectivity index (χ0v) is 14.0. The van der Waals surface area contributed by atoms with E-state index >= 15 is 0 Å². The Morgan fingerprint density at radius 3 is 2.75 bits per heavy atom. The fraction of sp³-hybridized carbons (Fsp3) is 0.471. The van der Waals surface area contributed by atoms with Crippen molar-refractivity contribution < 1.29 is 18.7 Å². The number of hydrogen-bond donors (Lipinski definition) is 1. The number of carbonyl (C=O) groups is 1. The molecule has 7 heteroatoms. The molecule has 1 N–H and O–H groups in total. The summed E-state index contributed by atoms with van der Waals surface area (Å²) in [6.45, 7) is 4.58. The van der Waals surface area contributed by atoms with E-state index in [0.29, 0.717) is 17.9 Å². The number of benzene rings is 1. The maximum absolute atomic E-state index is 13.9. The number of halogens is 1. The van der Waals surface area contributed by atoms with Crippen molar-refractivity contribution in [2.45, 2.75) is 39.5 Å². The summed E-state index contributed by atoms with van der Waals surface area (Å²) in [5.74, 6) is -0.666. The smallest absolute Gasteiger partial charge is 0.361 e. The number of aromatic nitrogens is 3. The molecule has 0 saturated carbocycles. The molecule has 130 valence electrons. The summed E-state index contributed by atoms with van der Waals surface area (Å²) >= 11 is 0. The lowest BCUT2D eigenvalue weighted by molar-refractivity contribution is 0.0520. The predicted octanol–water partition coefficient (Wildman–Crippen LogP) is 3.75. The van der Waals surface area contributed by atoms with Crippen molar-refractivity contribution in [2.75, 3.05) is 13.2 Å². The van der Waals surface area contributed by atoms with Gasteiger partial charge in [0.1, 0.15) is 17.3 Å². The summed E-state index contributed by atoms with van der Waals surface area (Å²) < 4.78 is 24.4. The largest absolute Gasteiger partial charge is 0.493 e. The summed E-state index contributed by atoms with van der Waals surface area (Å²) in [4.78, 5) is 11.9. The Hall–Kier alpha value is -2.44. The van der Waals surface area contributed by atoms with E-state index in [1.807, 2.05) is 0 Å². The van der Waals surface area contributed by atoms with E-state index in [1.165, 1.54) is 12.1 Å². The maximum Gasteiger partial charge on any atom is 0.361 e. The molecular formula is C17H22FN3O3. The molecule has 0 unspecified atom stereocenters. The van der Waals surface area contributed by atoms with Crippen LogP contribution in [0.2, 0.25) is 0 Å². The van der Waals surface area contributed by atoms with Gasteiger partial charge in [0.15, 0.2) is 5.69 Å². The van der Waals surface area contributed by atoms with Gasteiger partial charge in [-0.05, 0) is 25.5 Å². The van der Waals surface area contributed by atoms with Crippen LogP contribution in [0.25, 0.3) is 11.3 Å². The zero-order valence-electron chi connectivity index (χ0n) is 14.0. The molecule has 1 aromatic carbocycles. The molecule has 6 nitrogen and oxygen atoms in total. The molecule has 0 aliphatic carbocycles. The van der Waals surface area contributed by atoms with E-state index in [-0.39, 0.29) is 18.0 Å². The first-order valence-electron chi connectivity index (χ1n) is 8.17. The van der Waals surface area contributed by atoms with Gasteiger partial charge in [-0.25, -0.2) is 9.18 Å². The normalized spacial score (nSPS) is 10.6. The Bertz CT molecular complexity index is 673. The molecular weight excluding hydrogens is 313 g/mol. The number of unbranched alkanes of at least 4 members (excludes halogenated alkanes) is 3. The summed E-state index contributed by atoms with van der Waals surface area (Å²) in [6, 6.07) is 4.24. The van der Waals surface area contributed by atoms with Gasteiger partial charge in [0, 0.05) is 11.6 Å². The van der Waals surface area contributed by atoms with Crippen LogP contribution in [0.1, 0.15) is 50.0 Å². The molecule has 0 fully saturated rings. The van der Waals surface area contributed by atoms with Gasteiger partial charge in [-0.1, -0.05) is 26.2 Å². The quantitative estimate of drug-likeness (QED) is 0.558. The highest BCUT2D eigenvalue weighted by molar-refractivity contribution is 5.93. The van der Waals surface area contributed by atoms with Crippen molar-refractivity contribution in [3.05, 3.63) is 29.7 Å². The number of rotatable bonds is 9. The summed E-state index contributed by atoms with van der Waals surface area (Å²) in [6.07, 6.45) is 4.29. The van der Waals surface area contributed by atoms with Crippen LogP contribution in [-0.4, -0.2) is 34.6 Å². The van der Waals surface area contributed by atoms with Gasteiger partial charge in [0.25, 0.3) is 0 Å². The van der Waals surface area contributed by atoms with Gasteiger partial charge >= 0.3 is 5.97 Å². The van der Waals surface area contributed by atoms with Gasteiger partial charge in [-0.3, -0.25) is 0 Å². The van der Waals surface area contributed by atoms with Crippen molar-refractivity contribution in [2.24, 2.45) is 0 Å². The van der Waals surface area contributed by atoms with Gasteiger partial charge in [0.2, 0.25) is 0 Å². The van der Waals surface area contributed by atoms with Gasteiger partial charge in [-0.2, -0.15) is 10.3 Å². The number of nitrogens with zero attached hydrogens (tertiary/aromatic N) is 2. The standard InChI is InChI=1S/C17H22FN3O3/c1-3-5-6-7-8-24-14-10-12(9-13(18)11-14)15-16(20-21-19-15)17(22)23-4-2/h9-11H,3-8H2,1-2H3,(H,19,20,21). The first-order valence-corrected chi connectivity index (χ1v) is 8.17. The van der Waals surface area contributed by atoms with Crippen LogP contribution < -0.4 is 4.74 Å². The van der Waals surface area contributed by atoms with E-state index in [9.17, 15) is 9.18 Å². The molecule has 0 aliphatic rings. The third-order valence-electron chi connectivity index (χ3n) is 3.43. The average molecular weight is 335 g/mol. The molecule has 0 atom stereocenters. The second-order valence-corrected chi connectivity index (χ2v) is 5.33. The second kappa shape index (κ2) is 9.00.